The van der Waals surface area contributed by atoms with Gasteiger partial charge in [0, 0.05) is 17.3 Å². The lowest BCUT2D eigenvalue weighted by molar-refractivity contribution is 0.0609. The van der Waals surface area contributed by atoms with Crippen LogP contribution in [-0.4, -0.2) is 35.4 Å². The standard InChI is InChI=1S/C23H27N3O4/c1-6-30-20-10-7-14(4)11-18(20)15(5)24-23(29)25-16-8-9-17-19(12-16)22(28)26(13(2)3)21(17)27/h7-13,15H,6H2,1-5H3,(H2,24,25,29). The van der Waals surface area contributed by atoms with Crippen molar-refractivity contribution in [1.29, 1.82) is 0 Å². The second-order valence-corrected chi connectivity index (χ2v) is 7.63. The summed E-state index contributed by atoms with van der Waals surface area (Å²) in [6.45, 7) is 9.88. The van der Waals surface area contributed by atoms with Crippen molar-refractivity contribution in [3.05, 3.63) is 58.7 Å². The third-order valence-corrected chi connectivity index (χ3v) is 4.97. The number of amides is 4. The Balaban J connectivity index is 1.73. The van der Waals surface area contributed by atoms with Crippen molar-refractivity contribution in [2.75, 3.05) is 11.9 Å². The Morgan fingerprint density at radius 3 is 2.40 bits per heavy atom. The highest BCUT2D eigenvalue weighted by atomic mass is 16.5. The van der Waals surface area contributed by atoms with Crippen LogP contribution in [0.15, 0.2) is 36.4 Å². The van der Waals surface area contributed by atoms with Crippen molar-refractivity contribution in [2.24, 2.45) is 0 Å². The molecule has 2 aromatic carbocycles. The van der Waals surface area contributed by atoms with Crippen molar-refractivity contribution in [2.45, 2.75) is 46.7 Å². The van der Waals surface area contributed by atoms with Crippen LogP contribution in [0.5, 0.6) is 5.75 Å². The highest BCUT2D eigenvalue weighted by molar-refractivity contribution is 6.22. The highest BCUT2D eigenvalue weighted by Crippen LogP contribution is 2.28. The van der Waals surface area contributed by atoms with Crippen molar-refractivity contribution in [3.63, 3.8) is 0 Å². The third kappa shape index (κ3) is 4.15. The number of hydrogen-bond acceptors (Lipinski definition) is 4. The van der Waals surface area contributed by atoms with E-state index in [4.69, 9.17) is 4.74 Å². The van der Waals surface area contributed by atoms with E-state index in [1.807, 2.05) is 39.0 Å². The zero-order chi connectivity index (χ0) is 22.0. The predicted octanol–water partition coefficient (Wildman–Crippen LogP) is 4.28. The molecule has 30 heavy (non-hydrogen) atoms. The fourth-order valence-corrected chi connectivity index (χ4v) is 3.54. The summed E-state index contributed by atoms with van der Waals surface area (Å²) in [5, 5.41) is 5.64. The van der Waals surface area contributed by atoms with Crippen LogP contribution in [0.4, 0.5) is 10.5 Å². The van der Waals surface area contributed by atoms with Gasteiger partial charge in [-0.25, -0.2) is 4.79 Å². The average molecular weight is 409 g/mol. The van der Waals surface area contributed by atoms with Gasteiger partial charge in [-0.15, -0.1) is 0 Å². The first-order valence-electron chi connectivity index (χ1n) is 10.1. The number of nitrogens with zero attached hydrogens (tertiary/aromatic N) is 1. The van der Waals surface area contributed by atoms with Crippen LogP contribution in [0.3, 0.4) is 0 Å². The zero-order valence-electron chi connectivity index (χ0n) is 17.9. The van der Waals surface area contributed by atoms with E-state index >= 15 is 0 Å². The van der Waals surface area contributed by atoms with Gasteiger partial charge >= 0.3 is 6.03 Å². The normalized spacial score (nSPS) is 14.0. The van der Waals surface area contributed by atoms with Gasteiger partial charge in [0.2, 0.25) is 0 Å². The number of anilines is 1. The Hall–Kier alpha value is -3.35. The molecule has 0 saturated heterocycles. The van der Waals surface area contributed by atoms with Gasteiger partial charge in [-0.05, 0) is 58.9 Å². The van der Waals surface area contributed by atoms with Crippen molar-refractivity contribution in [3.8, 4) is 5.75 Å². The molecule has 1 atom stereocenters. The van der Waals surface area contributed by atoms with Crippen LogP contribution in [0.1, 0.15) is 65.6 Å². The number of carbonyl (C=O) groups is 3. The lowest BCUT2D eigenvalue weighted by Gasteiger charge is -2.19. The van der Waals surface area contributed by atoms with E-state index in [-0.39, 0.29) is 23.9 Å². The Morgan fingerprint density at radius 2 is 1.73 bits per heavy atom. The second kappa shape index (κ2) is 8.57. The molecule has 1 aliphatic heterocycles. The number of urea groups is 1. The molecular formula is C23H27N3O4. The van der Waals surface area contributed by atoms with Gasteiger partial charge < -0.3 is 15.4 Å². The molecule has 0 saturated carbocycles. The number of imide groups is 1. The molecular weight excluding hydrogens is 382 g/mol. The summed E-state index contributed by atoms with van der Waals surface area (Å²) >= 11 is 0. The van der Waals surface area contributed by atoms with Gasteiger partial charge in [0.1, 0.15) is 5.75 Å². The third-order valence-electron chi connectivity index (χ3n) is 4.97. The Bertz CT molecular complexity index is 1000. The van der Waals surface area contributed by atoms with E-state index < -0.39 is 6.03 Å². The highest BCUT2D eigenvalue weighted by Gasteiger charge is 2.37. The quantitative estimate of drug-likeness (QED) is 0.697. The van der Waals surface area contributed by atoms with Gasteiger partial charge in [0.25, 0.3) is 11.8 Å². The number of aryl methyl sites for hydroxylation is 1. The predicted molar refractivity (Wildman–Crippen MR) is 115 cm³/mol. The number of benzene rings is 2. The van der Waals surface area contributed by atoms with E-state index in [1.165, 1.54) is 4.90 Å². The zero-order valence-corrected chi connectivity index (χ0v) is 17.9. The molecule has 7 heteroatoms. The first-order valence-corrected chi connectivity index (χ1v) is 10.1. The molecule has 158 valence electrons. The number of hydrogen-bond donors (Lipinski definition) is 2. The molecule has 1 unspecified atom stereocenters. The molecule has 3 rings (SSSR count). The lowest BCUT2D eigenvalue weighted by Crippen LogP contribution is -2.35. The van der Waals surface area contributed by atoms with Crippen molar-refractivity contribution in [1.82, 2.24) is 10.2 Å². The van der Waals surface area contributed by atoms with E-state index in [0.717, 1.165) is 16.9 Å². The van der Waals surface area contributed by atoms with E-state index in [1.54, 1.807) is 32.0 Å². The summed E-state index contributed by atoms with van der Waals surface area (Å²) in [5.74, 6) is 0.0763. The molecule has 0 aliphatic carbocycles. The summed E-state index contributed by atoms with van der Waals surface area (Å²) in [6, 6.07) is 9.65. The lowest BCUT2D eigenvalue weighted by atomic mass is 10.0. The molecule has 0 fully saturated rings. The number of carbonyl (C=O) groups excluding carboxylic acids is 3. The maximum atomic E-state index is 12.5. The second-order valence-electron chi connectivity index (χ2n) is 7.63. The minimum atomic E-state index is -0.413. The SMILES string of the molecule is CCOc1ccc(C)cc1C(C)NC(=O)Nc1ccc2c(c1)C(=O)N(C(C)C)C2=O. The molecule has 0 spiro atoms. The summed E-state index contributed by atoms with van der Waals surface area (Å²) in [4.78, 5) is 38.7. The molecule has 2 N–H and O–H groups in total. The first-order chi connectivity index (χ1) is 14.2. The molecule has 0 aromatic heterocycles. The molecule has 1 heterocycles. The van der Waals surface area contributed by atoms with Crippen molar-refractivity contribution < 1.29 is 19.1 Å². The number of ether oxygens (including phenoxy) is 1. The summed E-state index contributed by atoms with van der Waals surface area (Å²) in [6.07, 6.45) is 0. The van der Waals surface area contributed by atoms with Gasteiger partial charge in [0.05, 0.1) is 23.8 Å². The van der Waals surface area contributed by atoms with Gasteiger partial charge in [-0.3, -0.25) is 14.5 Å². The minimum Gasteiger partial charge on any atom is -0.494 e. The van der Waals surface area contributed by atoms with Gasteiger partial charge in [-0.2, -0.15) is 0 Å². The number of rotatable bonds is 6. The van der Waals surface area contributed by atoms with Crippen LogP contribution in [0.2, 0.25) is 0 Å². The van der Waals surface area contributed by atoms with Crippen LogP contribution < -0.4 is 15.4 Å². The largest absolute Gasteiger partial charge is 0.494 e. The van der Waals surface area contributed by atoms with Crippen LogP contribution in [-0.2, 0) is 0 Å². The van der Waals surface area contributed by atoms with Gasteiger partial charge in [0.15, 0.2) is 0 Å². The molecule has 0 radical (unpaired) electrons. The van der Waals surface area contributed by atoms with E-state index in [2.05, 4.69) is 10.6 Å². The first kappa shape index (κ1) is 21.4. The monoisotopic (exact) mass is 409 g/mol. The van der Waals surface area contributed by atoms with Crippen molar-refractivity contribution >= 4 is 23.5 Å². The Kier molecular flexibility index (Phi) is 6.10. The minimum absolute atomic E-state index is 0.230. The van der Waals surface area contributed by atoms with Gasteiger partial charge in [-0.1, -0.05) is 17.7 Å². The molecule has 4 amide bonds. The average Bonchev–Trinajstić information content (AvgIpc) is 2.93. The summed E-state index contributed by atoms with van der Waals surface area (Å²) in [5.41, 5.74) is 3.05. The fourth-order valence-electron chi connectivity index (χ4n) is 3.54. The maximum absolute atomic E-state index is 12.5. The summed E-state index contributed by atoms with van der Waals surface area (Å²) < 4.78 is 5.67. The molecule has 1 aliphatic rings. The Labute approximate surface area is 176 Å². The van der Waals surface area contributed by atoms with Crippen LogP contribution in [0, 0.1) is 6.92 Å². The number of fused-ring (bicyclic) bond motifs is 1. The summed E-state index contributed by atoms with van der Waals surface area (Å²) in [7, 11) is 0. The maximum Gasteiger partial charge on any atom is 0.319 e. The van der Waals surface area contributed by atoms with E-state index in [0.29, 0.717) is 23.4 Å². The van der Waals surface area contributed by atoms with E-state index in [9.17, 15) is 14.4 Å². The molecule has 2 aromatic rings. The topological polar surface area (TPSA) is 87.7 Å². The molecule has 0 bridgehead atoms. The van der Waals surface area contributed by atoms with Crippen LogP contribution >= 0.6 is 0 Å². The Morgan fingerprint density at radius 1 is 1.03 bits per heavy atom. The molecule has 7 nitrogen and oxygen atoms in total. The van der Waals surface area contributed by atoms with Crippen LogP contribution in [0.25, 0.3) is 0 Å². The fraction of sp³-hybridized carbons (Fsp3) is 0.348. The number of nitrogens with one attached hydrogen (secondary N) is 2. The smallest absolute Gasteiger partial charge is 0.319 e.